The highest BCUT2D eigenvalue weighted by atomic mass is 19.1. The van der Waals surface area contributed by atoms with E-state index >= 15 is 0 Å². The van der Waals surface area contributed by atoms with Gasteiger partial charge in [-0.05, 0) is 25.0 Å². The van der Waals surface area contributed by atoms with Crippen molar-refractivity contribution in [3.63, 3.8) is 0 Å². The van der Waals surface area contributed by atoms with Crippen LogP contribution in [0.4, 0.5) is 10.1 Å². The van der Waals surface area contributed by atoms with Crippen molar-refractivity contribution in [2.45, 2.75) is 44.6 Å². The number of guanidine groups is 1. The van der Waals surface area contributed by atoms with Crippen molar-refractivity contribution < 1.29 is 9.18 Å². The van der Waals surface area contributed by atoms with Gasteiger partial charge < -0.3 is 20.4 Å². The quantitative estimate of drug-likeness (QED) is 0.600. The van der Waals surface area contributed by atoms with E-state index in [1.54, 1.807) is 13.1 Å². The molecule has 1 saturated carbocycles. The zero-order valence-corrected chi connectivity index (χ0v) is 16.8. The van der Waals surface area contributed by atoms with E-state index < -0.39 is 0 Å². The highest BCUT2D eigenvalue weighted by Crippen LogP contribution is 2.20. The molecular weight excluding hydrogens is 357 g/mol. The van der Waals surface area contributed by atoms with Crippen LogP contribution in [0.3, 0.4) is 0 Å². The minimum Gasteiger partial charge on any atom is -0.366 e. The predicted octanol–water partition coefficient (Wildman–Crippen LogP) is 2.36. The van der Waals surface area contributed by atoms with E-state index in [1.807, 2.05) is 12.1 Å². The molecule has 2 fully saturated rings. The van der Waals surface area contributed by atoms with Crippen LogP contribution in [-0.4, -0.2) is 62.6 Å². The molecule has 1 aromatic rings. The molecule has 0 spiro atoms. The van der Waals surface area contributed by atoms with Gasteiger partial charge in [0.05, 0.1) is 5.69 Å². The van der Waals surface area contributed by atoms with Crippen molar-refractivity contribution in [3.8, 4) is 0 Å². The standard InChI is InChI=1S/C21H32FN5O/c1-23-21(24-12-11-20(28)25-17-7-3-2-4-8-17)27-15-13-26(14-16-27)19-10-6-5-9-18(19)22/h5-6,9-10,17H,2-4,7-8,11-16H2,1H3,(H,23,24)(H,25,28). The minimum atomic E-state index is -0.178. The third-order valence-corrected chi connectivity index (χ3v) is 5.59. The van der Waals surface area contributed by atoms with Gasteiger partial charge in [-0.3, -0.25) is 9.79 Å². The van der Waals surface area contributed by atoms with Gasteiger partial charge in [-0.15, -0.1) is 0 Å². The second kappa shape index (κ2) is 10.3. The zero-order valence-electron chi connectivity index (χ0n) is 16.8. The molecule has 1 heterocycles. The van der Waals surface area contributed by atoms with E-state index in [0.717, 1.165) is 45.0 Å². The number of anilines is 1. The molecule has 3 rings (SSSR count). The summed E-state index contributed by atoms with van der Waals surface area (Å²) >= 11 is 0. The Balaban J connectivity index is 1.40. The third kappa shape index (κ3) is 5.59. The topological polar surface area (TPSA) is 60.0 Å². The molecule has 28 heavy (non-hydrogen) atoms. The monoisotopic (exact) mass is 389 g/mol. The third-order valence-electron chi connectivity index (χ3n) is 5.59. The van der Waals surface area contributed by atoms with Gasteiger partial charge in [-0.25, -0.2) is 4.39 Å². The van der Waals surface area contributed by atoms with Gasteiger partial charge in [0.2, 0.25) is 5.91 Å². The molecule has 7 heteroatoms. The Hall–Kier alpha value is -2.31. The first-order valence-electron chi connectivity index (χ1n) is 10.4. The predicted molar refractivity (Wildman–Crippen MR) is 111 cm³/mol. The number of halogens is 1. The maximum absolute atomic E-state index is 14.0. The maximum atomic E-state index is 14.0. The lowest BCUT2D eigenvalue weighted by Crippen LogP contribution is -2.53. The van der Waals surface area contributed by atoms with Crippen molar-refractivity contribution in [1.29, 1.82) is 0 Å². The van der Waals surface area contributed by atoms with Crippen molar-refractivity contribution in [2.75, 3.05) is 44.7 Å². The second-order valence-electron chi connectivity index (χ2n) is 7.55. The number of benzene rings is 1. The first-order valence-corrected chi connectivity index (χ1v) is 10.4. The van der Waals surface area contributed by atoms with Gasteiger partial charge in [0, 0.05) is 52.2 Å². The fraction of sp³-hybridized carbons (Fsp3) is 0.619. The molecular formula is C21H32FN5O. The van der Waals surface area contributed by atoms with Crippen LogP contribution >= 0.6 is 0 Å². The number of aliphatic imine (C=N–C) groups is 1. The fourth-order valence-corrected chi connectivity index (χ4v) is 4.03. The summed E-state index contributed by atoms with van der Waals surface area (Å²) in [6.07, 6.45) is 6.38. The van der Waals surface area contributed by atoms with Gasteiger partial charge in [0.25, 0.3) is 0 Å². The number of rotatable bonds is 5. The maximum Gasteiger partial charge on any atom is 0.221 e. The second-order valence-corrected chi connectivity index (χ2v) is 7.55. The van der Waals surface area contributed by atoms with Crippen LogP contribution in [0.1, 0.15) is 38.5 Å². The Morgan fingerprint density at radius 3 is 2.54 bits per heavy atom. The Bertz CT molecular complexity index is 667. The number of para-hydroxylation sites is 1. The van der Waals surface area contributed by atoms with E-state index in [9.17, 15) is 9.18 Å². The van der Waals surface area contributed by atoms with Gasteiger partial charge in [0.15, 0.2) is 5.96 Å². The van der Waals surface area contributed by atoms with Crippen molar-refractivity contribution in [3.05, 3.63) is 30.1 Å². The first kappa shape index (κ1) is 20.4. The SMILES string of the molecule is CN=C(NCCC(=O)NC1CCCCC1)N1CCN(c2ccccc2F)CC1. The van der Waals surface area contributed by atoms with Crippen LogP contribution < -0.4 is 15.5 Å². The summed E-state index contributed by atoms with van der Waals surface area (Å²) in [5, 5.41) is 6.44. The molecule has 0 radical (unpaired) electrons. The van der Waals surface area contributed by atoms with Crippen molar-refractivity contribution in [2.24, 2.45) is 4.99 Å². The number of piperazine rings is 1. The average Bonchev–Trinajstić information content (AvgIpc) is 2.73. The molecule has 0 unspecified atom stereocenters. The van der Waals surface area contributed by atoms with Crippen molar-refractivity contribution in [1.82, 2.24) is 15.5 Å². The molecule has 0 bridgehead atoms. The Labute approximate surface area is 167 Å². The van der Waals surface area contributed by atoms with E-state index in [0.29, 0.717) is 24.7 Å². The lowest BCUT2D eigenvalue weighted by atomic mass is 9.95. The minimum absolute atomic E-state index is 0.110. The summed E-state index contributed by atoms with van der Waals surface area (Å²) < 4.78 is 14.0. The van der Waals surface area contributed by atoms with Crippen LogP contribution in [-0.2, 0) is 4.79 Å². The van der Waals surface area contributed by atoms with Gasteiger partial charge in [-0.1, -0.05) is 31.4 Å². The summed E-state index contributed by atoms with van der Waals surface area (Å²) in [5.74, 6) is 0.736. The molecule has 0 aromatic heterocycles. The van der Waals surface area contributed by atoms with E-state index in [1.165, 1.54) is 25.3 Å². The Morgan fingerprint density at radius 1 is 1.14 bits per heavy atom. The van der Waals surface area contributed by atoms with Crippen molar-refractivity contribution >= 4 is 17.6 Å². The molecule has 1 saturated heterocycles. The molecule has 0 atom stereocenters. The highest BCUT2D eigenvalue weighted by molar-refractivity contribution is 5.81. The highest BCUT2D eigenvalue weighted by Gasteiger charge is 2.21. The summed E-state index contributed by atoms with van der Waals surface area (Å²) in [7, 11) is 1.76. The summed E-state index contributed by atoms with van der Waals surface area (Å²) in [5.41, 5.74) is 0.657. The Kier molecular flexibility index (Phi) is 7.51. The Morgan fingerprint density at radius 2 is 1.86 bits per heavy atom. The number of hydrogen-bond acceptors (Lipinski definition) is 3. The van der Waals surface area contributed by atoms with E-state index in [-0.39, 0.29) is 11.7 Å². The normalized spacial score (nSPS) is 18.9. The number of carbonyl (C=O) groups is 1. The van der Waals surface area contributed by atoms with Crippen LogP contribution in [0.25, 0.3) is 0 Å². The van der Waals surface area contributed by atoms with Crippen LogP contribution in [0.15, 0.2) is 29.3 Å². The molecule has 2 N–H and O–H groups in total. The first-order chi connectivity index (χ1) is 13.7. The zero-order chi connectivity index (χ0) is 19.8. The van der Waals surface area contributed by atoms with E-state index in [2.05, 4.69) is 25.4 Å². The van der Waals surface area contributed by atoms with Gasteiger partial charge in [0.1, 0.15) is 5.82 Å². The molecule has 1 aliphatic heterocycles. The molecule has 1 aliphatic carbocycles. The largest absolute Gasteiger partial charge is 0.366 e. The van der Waals surface area contributed by atoms with Crippen LogP contribution in [0.5, 0.6) is 0 Å². The summed E-state index contributed by atoms with van der Waals surface area (Å²) in [4.78, 5) is 20.7. The van der Waals surface area contributed by atoms with E-state index in [4.69, 9.17) is 0 Å². The number of carbonyl (C=O) groups excluding carboxylic acids is 1. The number of amides is 1. The average molecular weight is 390 g/mol. The fourth-order valence-electron chi connectivity index (χ4n) is 4.03. The molecule has 154 valence electrons. The smallest absolute Gasteiger partial charge is 0.221 e. The molecule has 6 nitrogen and oxygen atoms in total. The number of nitrogens with zero attached hydrogens (tertiary/aromatic N) is 3. The van der Waals surface area contributed by atoms with Crippen LogP contribution in [0, 0.1) is 5.82 Å². The number of nitrogens with one attached hydrogen (secondary N) is 2. The molecule has 1 amide bonds. The number of hydrogen-bond donors (Lipinski definition) is 2. The van der Waals surface area contributed by atoms with Gasteiger partial charge >= 0.3 is 0 Å². The summed E-state index contributed by atoms with van der Waals surface area (Å²) in [6.45, 7) is 3.58. The molecule has 1 aromatic carbocycles. The summed E-state index contributed by atoms with van der Waals surface area (Å²) in [6, 6.07) is 7.25. The van der Waals surface area contributed by atoms with Gasteiger partial charge in [-0.2, -0.15) is 0 Å². The lowest BCUT2D eigenvalue weighted by molar-refractivity contribution is -0.121. The molecule has 2 aliphatic rings. The lowest BCUT2D eigenvalue weighted by Gasteiger charge is -2.37. The van der Waals surface area contributed by atoms with Crippen LogP contribution in [0.2, 0.25) is 0 Å².